The van der Waals surface area contributed by atoms with Gasteiger partial charge in [0.25, 0.3) is 5.69 Å². The largest absolute Gasteiger partial charge is 0.355 e. The molecule has 1 aliphatic rings. The molecule has 4 heterocycles. The van der Waals surface area contributed by atoms with Crippen molar-refractivity contribution in [1.82, 2.24) is 19.3 Å². The molecule has 0 radical (unpaired) electrons. The highest BCUT2D eigenvalue weighted by Gasteiger charge is 2.20. The smallest absolute Gasteiger partial charge is 0.287 e. The predicted molar refractivity (Wildman–Crippen MR) is 108 cm³/mol. The zero-order valence-electron chi connectivity index (χ0n) is 15.6. The Hall–Kier alpha value is -2.71. The van der Waals surface area contributed by atoms with Crippen LogP contribution in [0.25, 0.3) is 5.65 Å². The average molecular weight is 401 g/mol. The number of halogens is 1. The van der Waals surface area contributed by atoms with Crippen molar-refractivity contribution in [2.75, 3.05) is 31.1 Å². The Labute approximate surface area is 167 Å². The fourth-order valence-electron chi connectivity index (χ4n) is 3.65. The second-order valence-electron chi connectivity index (χ2n) is 7.05. The third kappa shape index (κ3) is 3.93. The van der Waals surface area contributed by atoms with E-state index < -0.39 is 4.92 Å². The summed E-state index contributed by atoms with van der Waals surface area (Å²) >= 11 is 6.05. The van der Waals surface area contributed by atoms with Gasteiger partial charge in [-0.2, -0.15) is 0 Å². The summed E-state index contributed by atoms with van der Waals surface area (Å²) in [5.41, 5.74) is 2.77. The summed E-state index contributed by atoms with van der Waals surface area (Å²) in [5.74, 6) is 0.829. The van der Waals surface area contributed by atoms with Crippen LogP contribution in [0.4, 0.5) is 11.5 Å². The molecule has 0 atom stereocenters. The van der Waals surface area contributed by atoms with Crippen LogP contribution in [-0.2, 0) is 6.54 Å². The summed E-state index contributed by atoms with van der Waals surface area (Å²) in [5, 5.41) is 11.6. The van der Waals surface area contributed by atoms with Crippen LogP contribution in [0.3, 0.4) is 0 Å². The molecule has 3 aromatic rings. The van der Waals surface area contributed by atoms with E-state index in [0.717, 1.165) is 61.9 Å². The van der Waals surface area contributed by atoms with E-state index in [1.165, 1.54) is 6.20 Å². The number of nitrogens with zero attached hydrogens (tertiary/aromatic N) is 6. The number of aromatic nitrogens is 3. The molecule has 8 nitrogen and oxygen atoms in total. The van der Waals surface area contributed by atoms with Gasteiger partial charge in [-0.25, -0.2) is 9.97 Å². The zero-order valence-corrected chi connectivity index (χ0v) is 16.3. The summed E-state index contributed by atoms with van der Waals surface area (Å²) in [6, 6.07) is 5.35. The average Bonchev–Trinajstić information content (AvgIpc) is 2.90. The second-order valence-corrected chi connectivity index (χ2v) is 7.49. The first-order valence-corrected chi connectivity index (χ1v) is 9.59. The van der Waals surface area contributed by atoms with Gasteiger partial charge in [0.1, 0.15) is 17.7 Å². The minimum atomic E-state index is -0.407. The molecule has 0 bridgehead atoms. The van der Waals surface area contributed by atoms with Crippen LogP contribution in [0.2, 0.25) is 5.02 Å². The van der Waals surface area contributed by atoms with Crippen molar-refractivity contribution in [2.45, 2.75) is 19.9 Å². The molecule has 0 spiro atoms. The molecule has 0 saturated carbocycles. The number of imidazole rings is 1. The molecule has 1 saturated heterocycles. The maximum Gasteiger partial charge on any atom is 0.287 e. The van der Waals surface area contributed by atoms with Gasteiger partial charge in [-0.15, -0.1) is 0 Å². The highest BCUT2D eigenvalue weighted by molar-refractivity contribution is 6.30. The van der Waals surface area contributed by atoms with Crippen molar-refractivity contribution >= 4 is 28.8 Å². The Morgan fingerprint density at radius 3 is 2.86 bits per heavy atom. The number of fused-ring (bicyclic) bond motifs is 1. The zero-order chi connectivity index (χ0) is 19.7. The standard InChI is InChI=1S/C19H21ClN6O2/c1-14-9-17(26(27)28)10-21-19(14)24-6-2-5-23(7-8-24)12-16-13-25-11-15(20)3-4-18(25)22-16/h3-4,9-11,13H,2,5-8,12H2,1H3. The van der Waals surface area contributed by atoms with Gasteiger partial charge in [0, 0.05) is 51.2 Å². The quantitative estimate of drug-likeness (QED) is 0.493. The fraction of sp³-hybridized carbons (Fsp3) is 0.368. The van der Waals surface area contributed by atoms with E-state index in [-0.39, 0.29) is 5.69 Å². The highest BCUT2D eigenvalue weighted by atomic mass is 35.5. The molecule has 4 rings (SSSR count). The van der Waals surface area contributed by atoms with Crippen molar-refractivity contribution in [3.05, 3.63) is 63.2 Å². The maximum absolute atomic E-state index is 10.9. The Morgan fingerprint density at radius 2 is 2.07 bits per heavy atom. The van der Waals surface area contributed by atoms with Crippen LogP contribution in [0.15, 0.2) is 36.8 Å². The van der Waals surface area contributed by atoms with E-state index in [0.29, 0.717) is 5.02 Å². The first kappa shape index (κ1) is 18.6. The molecule has 0 unspecified atom stereocenters. The molecule has 0 N–H and O–H groups in total. The number of hydrogen-bond donors (Lipinski definition) is 0. The normalized spacial score (nSPS) is 15.7. The van der Waals surface area contributed by atoms with Crippen molar-refractivity contribution in [2.24, 2.45) is 0 Å². The SMILES string of the molecule is Cc1cc([N+](=O)[O-])cnc1N1CCCN(Cc2cn3cc(Cl)ccc3n2)CC1. The van der Waals surface area contributed by atoms with Crippen LogP contribution >= 0.6 is 11.6 Å². The molecule has 28 heavy (non-hydrogen) atoms. The number of pyridine rings is 2. The Bertz CT molecular complexity index is 1020. The molecule has 9 heteroatoms. The predicted octanol–water partition coefficient (Wildman–Crippen LogP) is 3.31. The number of rotatable bonds is 4. The number of anilines is 1. The van der Waals surface area contributed by atoms with Gasteiger partial charge in [0.15, 0.2) is 0 Å². The summed E-state index contributed by atoms with van der Waals surface area (Å²) < 4.78 is 1.95. The molecular formula is C19H21ClN6O2. The van der Waals surface area contributed by atoms with E-state index >= 15 is 0 Å². The van der Waals surface area contributed by atoms with Gasteiger partial charge >= 0.3 is 0 Å². The van der Waals surface area contributed by atoms with Gasteiger partial charge in [-0.05, 0) is 31.0 Å². The highest BCUT2D eigenvalue weighted by Crippen LogP contribution is 2.23. The lowest BCUT2D eigenvalue weighted by atomic mass is 10.2. The van der Waals surface area contributed by atoms with Crippen LogP contribution in [0, 0.1) is 17.0 Å². The van der Waals surface area contributed by atoms with Crippen LogP contribution in [0.5, 0.6) is 0 Å². The van der Waals surface area contributed by atoms with E-state index in [1.807, 2.05) is 35.9 Å². The molecule has 3 aromatic heterocycles. The Morgan fingerprint density at radius 1 is 1.21 bits per heavy atom. The maximum atomic E-state index is 10.9. The minimum absolute atomic E-state index is 0.0321. The lowest BCUT2D eigenvalue weighted by Gasteiger charge is -2.23. The van der Waals surface area contributed by atoms with Crippen molar-refractivity contribution < 1.29 is 4.92 Å². The Kier molecular flexibility index (Phi) is 5.15. The third-order valence-corrected chi connectivity index (χ3v) is 5.21. The van der Waals surface area contributed by atoms with Gasteiger partial charge in [-0.3, -0.25) is 15.0 Å². The molecule has 1 fully saturated rings. The van der Waals surface area contributed by atoms with E-state index in [9.17, 15) is 10.1 Å². The first-order chi connectivity index (χ1) is 13.5. The molecule has 0 amide bonds. The van der Waals surface area contributed by atoms with E-state index in [4.69, 9.17) is 11.6 Å². The lowest BCUT2D eigenvalue weighted by molar-refractivity contribution is -0.385. The van der Waals surface area contributed by atoms with Gasteiger partial charge < -0.3 is 9.30 Å². The van der Waals surface area contributed by atoms with Crippen molar-refractivity contribution in [3.8, 4) is 0 Å². The lowest BCUT2D eigenvalue weighted by Crippen LogP contribution is -2.31. The van der Waals surface area contributed by atoms with E-state index in [1.54, 1.807) is 6.07 Å². The molecule has 0 aliphatic carbocycles. The summed E-state index contributed by atoms with van der Waals surface area (Å²) in [6.07, 6.45) is 6.22. The van der Waals surface area contributed by atoms with Crippen molar-refractivity contribution in [1.29, 1.82) is 0 Å². The number of aryl methyl sites for hydroxylation is 1. The monoisotopic (exact) mass is 400 g/mol. The van der Waals surface area contributed by atoms with Crippen LogP contribution in [-0.4, -0.2) is 50.4 Å². The van der Waals surface area contributed by atoms with Gasteiger partial charge in [-0.1, -0.05) is 11.6 Å². The molecule has 146 valence electrons. The molecule has 0 aromatic carbocycles. The van der Waals surface area contributed by atoms with Gasteiger partial charge in [0.05, 0.1) is 15.6 Å². The van der Waals surface area contributed by atoms with Gasteiger partial charge in [0.2, 0.25) is 0 Å². The number of nitro groups is 1. The summed E-state index contributed by atoms with van der Waals surface area (Å²) in [4.78, 5) is 24.1. The second kappa shape index (κ2) is 7.73. The number of hydrogen-bond acceptors (Lipinski definition) is 6. The molecular weight excluding hydrogens is 380 g/mol. The van der Waals surface area contributed by atoms with Crippen LogP contribution in [0.1, 0.15) is 17.7 Å². The Balaban J connectivity index is 1.44. The van der Waals surface area contributed by atoms with E-state index in [2.05, 4.69) is 19.8 Å². The topological polar surface area (TPSA) is 79.8 Å². The van der Waals surface area contributed by atoms with Crippen LogP contribution < -0.4 is 4.90 Å². The summed E-state index contributed by atoms with van der Waals surface area (Å²) in [7, 11) is 0. The fourth-order valence-corrected chi connectivity index (χ4v) is 3.82. The first-order valence-electron chi connectivity index (χ1n) is 9.21. The molecule has 1 aliphatic heterocycles. The third-order valence-electron chi connectivity index (χ3n) is 4.99. The summed E-state index contributed by atoms with van der Waals surface area (Å²) in [6.45, 7) is 6.21. The minimum Gasteiger partial charge on any atom is -0.355 e. The van der Waals surface area contributed by atoms with Crippen molar-refractivity contribution in [3.63, 3.8) is 0 Å².